The second kappa shape index (κ2) is 7.40. The van der Waals surface area contributed by atoms with Gasteiger partial charge in [0, 0.05) is 30.9 Å². The highest BCUT2D eigenvalue weighted by molar-refractivity contribution is 7.21. The van der Waals surface area contributed by atoms with E-state index >= 15 is 0 Å². The molecule has 1 atom stereocenters. The molecule has 1 aliphatic rings. The van der Waals surface area contributed by atoms with Gasteiger partial charge in [0.25, 0.3) is 5.91 Å². The summed E-state index contributed by atoms with van der Waals surface area (Å²) in [4.78, 5) is 15.3. The van der Waals surface area contributed by atoms with Crippen molar-refractivity contribution in [3.05, 3.63) is 34.7 Å². The number of aliphatic hydroxyl groups excluding tert-OH is 1. The third kappa shape index (κ3) is 3.90. The fraction of sp³-hybridized carbons (Fsp3) is 0.471. The molecule has 3 rings (SSSR count). The number of carbonyl (C=O) groups excluding carboxylic acids is 1. The Morgan fingerprint density at radius 3 is 2.87 bits per heavy atom. The van der Waals surface area contributed by atoms with Crippen molar-refractivity contribution in [1.29, 1.82) is 0 Å². The van der Waals surface area contributed by atoms with E-state index in [1.165, 1.54) is 11.3 Å². The van der Waals surface area contributed by atoms with Gasteiger partial charge in [0.2, 0.25) is 0 Å². The molecule has 5 nitrogen and oxygen atoms in total. The van der Waals surface area contributed by atoms with Gasteiger partial charge in [0.15, 0.2) is 0 Å². The Balaban J connectivity index is 1.56. The number of aryl methyl sites for hydroxylation is 1. The highest BCUT2D eigenvalue weighted by Gasteiger charge is 2.18. The monoisotopic (exact) mass is 334 g/mol. The maximum absolute atomic E-state index is 12.4. The van der Waals surface area contributed by atoms with E-state index < -0.39 is 6.10 Å². The minimum atomic E-state index is -0.563. The van der Waals surface area contributed by atoms with E-state index in [-0.39, 0.29) is 12.5 Å². The zero-order valence-electron chi connectivity index (χ0n) is 13.2. The molecule has 2 N–H and O–H groups in total. The number of nitrogens with zero attached hydrogens (tertiary/aromatic N) is 1. The van der Waals surface area contributed by atoms with Gasteiger partial charge in [-0.3, -0.25) is 9.69 Å². The first-order chi connectivity index (χ1) is 11.1. The van der Waals surface area contributed by atoms with E-state index in [0.717, 1.165) is 33.6 Å². The zero-order chi connectivity index (χ0) is 16.2. The summed E-state index contributed by atoms with van der Waals surface area (Å²) >= 11 is 1.50. The fourth-order valence-electron chi connectivity index (χ4n) is 2.83. The molecule has 124 valence electrons. The molecule has 1 unspecified atom stereocenters. The van der Waals surface area contributed by atoms with Gasteiger partial charge in [-0.15, -0.1) is 11.3 Å². The summed E-state index contributed by atoms with van der Waals surface area (Å²) < 4.78 is 6.40. The molecule has 1 saturated heterocycles. The molecule has 1 aliphatic heterocycles. The van der Waals surface area contributed by atoms with Crippen LogP contribution in [0.3, 0.4) is 0 Å². The number of benzene rings is 1. The second-order valence-electron chi connectivity index (χ2n) is 5.83. The quantitative estimate of drug-likeness (QED) is 0.872. The summed E-state index contributed by atoms with van der Waals surface area (Å²) in [6, 6.07) is 8.02. The van der Waals surface area contributed by atoms with Gasteiger partial charge in [-0.1, -0.05) is 18.2 Å². The van der Waals surface area contributed by atoms with Crippen molar-refractivity contribution in [2.75, 3.05) is 39.4 Å². The maximum atomic E-state index is 12.4. The van der Waals surface area contributed by atoms with Gasteiger partial charge in [-0.2, -0.15) is 0 Å². The molecule has 1 amide bonds. The lowest BCUT2D eigenvalue weighted by atomic mass is 10.1. The van der Waals surface area contributed by atoms with Crippen LogP contribution in [0, 0.1) is 6.92 Å². The van der Waals surface area contributed by atoms with E-state index in [4.69, 9.17) is 4.74 Å². The molecular formula is C17H22N2O3S. The first-order valence-electron chi connectivity index (χ1n) is 7.89. The molecule has 6 heteroatoms. The maximum Gasteiger partial charge on any atom is 0.261 e. The van der Waals surface area contributed by atoms with Gasteiger partial charge in [-0.25, -0.2) is 0 Å². The van der Waals surface area contributed by atoms with Crippen LogP contribution < -0.4 is 5.32 Å². The topological polar surface area (TPSA) is 61.8 Å². The lowest BCUT2D eigenvalue weighted by Gasteiger charge is -2.28. The van der Waals surface area contributed by atoms with Crippen LogP contribution in [0.5, 0.6) is 0 Å². The molecule has 0 spiro atoms. The molecule has 1 fully saturated rings. The minimum Gasteiger partial charge on any atom is -0.390 e. The second-order valence-corrected chi connectivity index (χ2v) is 6.88. The third-order valence-corrected chi connectivity index (χ3v) is 5.39. The zero-order valence-corrected chi connectivity index (χ0v) is 14.1. The van der Waals surface area contributed by atoms with Gasteiger partial charge in [0.1, 0.15) is 0 Å². The Hall–Kier alpha value is -1.47. The number of ether oxygens (including phenoxy) is 1. The number of thiophene rings is 1. The van der Waals surface area contributed by atoms with E-state index in [0.29, 0.717) is 19.8 Å². The fourth-order valence-corrected chi connectivity index (χ4v) is 3.95. The van der Waals surface area contributed by atoms with Gasteiger partial charge < -0.3 is 15.2 Å². The summed E-state index contributed by atoms with van der Waals surface area (Å²) in [5.41, 5.74) is 1.01. The number of aliphatic hydroxyl groups is 1. The predicted octanol–water partition coefficient (Wildman–Crippen LogP) is 1.63. The first-order valence-corrected chi connectivity index (χ1v) is 8.71. The molecule has 1 aromatic heterocycles. The summed E-state index contributed by atoms with van der Waals surface area (Å²) in [5, 5.41) is 14.1. The standard InChI is InChI=1S/C17H22N2O3S/c1-12-14-4-2-3-5-15(14)23-16(12)17(21)18-10-13(20)11-19-6-8-22-9-7-19/h2-5,13,20H,6-11H2,1H3,(H,18,21). The van der Waals surface area contributed by atoms with Crippen molar-refractivity contribution in [3.63, 3.8) is 0 Å². The van der Waals surface area contributed by atoms with Gasteiger partial charge in [0.05, 0.1) is 24.2 Å². The Labute approximate surface area is 139 Å². The summed E-state index contributed by atoms with van der Waals surface area (Å²) in [7, 11) is 0. The lowest BCUT2D eigenvalue weighted by Crippen LogP contribution is -2.44. The van der Waals surface area contributed by atoms with Gasteiger partial charge in [-0.05, 0) is 23.9 Å². The third-order valence-electron chi connectivity index (χ3n) is 4.12. The predicted molar refractivity (Wildman–Crippen MR) is 92.2 cm³/mol. The molecule has 23 heavy (non-hydrogen) atoms. The van der Waals surface area contributed by atoms with Crippen molar-refractivity contribution in [3.8, 4) is 0 Å². The van der Waals surface area contributed by atoms with Crippen molar-refractivity contribution < 1.29 is 14.6 Å². The van der Waals surface area contributed by atoms with Crippen LogP contribution in [0.1, 0.15) is 15.2 Å². The van der Waals surface area contributed by atoms with Gasteiger partial charge >= 0.3 is 0 Å². The number of amides is 1. The van der Waals surface area contributed by atoms with Crippen LogP contribution in [0.25, 0.3) is 10.1 Å². The molecule has 1 aromatic carbocycles. The molecular weight excluding hydrogens is 312 g/mol. The van der Waals surface area contributed by atoms with Crippen LogP contribution in [0.15, 0.2) is 24.3 Å². The Bertz CT molecular complexity index is 680. The normalized spacial score (nSPS) is 17.3. The van der Waals surface area contributed by atoms with Crippen LogP contribution in [-0.4, -0.2) is 61.4 Å². The van der Waals surface area contributed by atoms with Crippen molar-refractivity contribution in [2.45, 2.75) is 13.0 Å². The number of nitrogens with one attached hydrogen (secondary N) is 1. The molecule has 0 bridgehead atoms. The smallest absolute Gasteiger partial charge is 0.261 e. The molecule has 0 aliphatic carbocycles. The van der Waals surface area contributed by atoms with Crippen LogP contribution in [0.4, 0.5) is 0 Å². The van der Waals surface area contributed by atoms with E-state index in [2.05, 4.69) is 10.2 Å². The first kappa shape index (κ1) is 16.4. The van der Waals surface area contributed by atoms with E-state index in [9.17, 15) is 9.90 Å². The Morgan fingerprint density at radius 2 is 2.13 bits per heavy atom. The lowest BCUT2D eigenvalue weighted by molar-refractivity contribution is 0.0149. The number of fused-ring (bicyclic) bond motifs is 1. The number of β-amino-alcohol motifs (C(OH)–C–C–N with tert-alkyl or cyclic N) is 1. The number of carbonyl (C=O) groups is 1. The molecule has 2 aromatic rings. The molecule has 0 radical (unpaired) electrons. The Kier molecular flexibility index (Phi) is 5.27. The highest BCUT2D eigenvalue weighted by Crippen LogP contribution is 2.30. The average Bonchev–Trinajstić information content (AvgIpc) is 2.91. The molecule has 0 saturated carbocycles. The van der Waals surface area contributed by atoms with Crippen LogP contribution >= 0.6 is 11.3 Å². The summed E-state index contributed by atoms with van der Waals surface area (Å²) in [6.45, 7) is 5.89. The number of hydrogen-bond acceptors (Lipinski definition) is 5. The van der Waals surface area contributed by atoms with Crippen LogP contribution in [0.2, 0.25) is 0 Å². The summed E-state index contributed by atoms with van der Waals surface area (Å²) in [6.07, 6.45) is -0.563. The Morgan fingerprint density at radius 1 is 1.39 bits per heavy atom. The molecule has 2 heterocycles. The van der Waals surface area contributed by atoms with Crippen molar-refractivity contribution >= 4 is 27.3 Å². The van der Waals surface area contributed by atoms with Crippen LogP contribution in [-0.2, 0) is 4.74 Å². The number of rotatable bonds is 5. The highest BCUT2D eigenvalue weighted by atomic mass is 32.1. The van der Waals surface area contributed by atoms with E-state index in [1.54, 1.807) is 0 Å². The minimum absolute atomic E-state index is 0.107. The number of morpholine rings is 1. The summed E-state index contributed by atoms with van der Waals surface area (Å²) in [5.74, 6) is -0.107. The van der Waals surface area contributed by atoms with Crippen molar-refractivity contribution in [1.82, 2.24) is 10.2 Å². The van der Waals surface area contributed by atoms with Crippen molar-refractivity contribution in [2.24, 2.45) is 0 Å². The largest absolute Gasteiger partial charge is 0.390 e. The van der Waals surface area contributed by atoms with E-state index in [1.807, 2.05) is 31.2 Å². The average molecular weight is 334 g/mol. The number of hydrogen-bond donors (Lipinski definition) is 2. The SMILES string of the molecule is Cc1c(C(=O)NCC(O)CN2CCOCC2)sc2ccccc12.